The van der Waals surface area contributed by atoms with E-state index >= 15 is 0 Å². The van der Waals surface area contributed by atoms with Crippen molar-refractivity contribution in [3.05, 3.63) is 29.8 Å². The van der Waals surface area contributed by atoms with Gasteiger partial charge in [-0.25, -0.2) is 0 Å². The minimum absolute atomic E-state index is 0. The molecular weight excluding hydrogens is 288 g/mol. The Labute approximate surface area is 133 Å². The Hall–Kier alpha value is -1.26. The zero-order valence-corrected chi connectivity index (χ0v) is 14.0. The highest BCUT2D eigenvalue weighted by molar-refractivity contribution is 5.94. The number of carbonyl (C=O) groups excluding carboxylic acids is 1. The Morgan fingerprint density at radius 2 is 1.86 bits per heavy atom. The molecular formula is C16H27ClN2O2. The van der Waals surface area contributed by atoms with Gasteiger partial charge in [-0.1, -0.05) is 19.8 Å². The summed E-state index contributed by atoms with van der Waals surface area (Å²) in [5.74, 6) is 0.689. The lowest BCUT2D eigenvalue weighted by atomic mass is 10.1. The molecule has 0 aliphatic carbocycles. The van der Waals surface area contributed by atoms with Gasteiger partial charge in [-0.3, -0.25) is 4.79 Å². The fraction of sp³-hybridized carbons (Fsp3) is 0.562. The quantitative estimate of drug-likeness (QED) is 0.724. The molecule has 0 bridgehead atoms. The average molecular weight is 315 g/mol. The van der Waals surface area contributed by atoms with Gasteiger partial charge in [0, 0.05) is 17.6 Å². The van der Waals surface area contributed by atoms with Crippen LogP contribution in [-0.2, 0) is 0 Å². The Morgan fingerprint density at radius 3 is 2.38 bits per heavy atom. The zero-order valence-electron chi connectivity index (χ0n) is 13.1. The van der Waals surface area contributed by atoms with Crippen LogP contribution in [0.4, 0.5) is 0 Å². The van der Waals surface area contributed by atoms with E-state index < -0.39 is 5.54 Å². The van der Waals surface area contributed by atoms with E-state index in [1.807, 2.05) is 26.0 Å². The van der Waals surface area contributed by atoms with E-state index in [-0.39, 0.29) is 18.3 Å². The standard InChI is InChI=1S/C16H26N2O2.ClH/c1-4-5-6-11-20-14-9-7-13(8-10-14)15(19)18-16(2,3)12-17;/h7-10H,4-6,11-12,17H2,1-3H3,(H,18,19);1H. The van der Waals surface area contributed by atoms with Crippen molar-refractivity contribution < 1.29 is 9.53 Å². The number of rotatable bonds is 8. The largest absolute Gasteiger partial charge is 0.494 e. The number of nitrogens with one attached hydrogen (secondary N) is 1. The predicted molar refractivity (Wildman–Crippen MR) is 89.3 cm³/mol. The molecule has 0 aliphatic heterocycles. The van der Waals surface area contributed by atoms with E-state index in [0.29, 0.717) is 12.1 Å². The lowest BCUT2D eigenvalue weighted by Crippen LogP contribution is -2.48. The topological polar surface area (TPSA) is 64.3 Å². The molecule has 1 aromatic rings. The zero-order chi connectivity index (χ0) is 15.0. The molecule has 0 saturated heterocycles. The second kappa shape index (κ2) is 9.64. The Balaban J connectivity index is 0.00000400. The molecule has 0 aliphatic rings. The Kier molecular flexibility index (Phi) is 9.06. The summed E-state index contributed by atoms with van der Waals surface area (Å²) >= 11 is 0. The molecule has 0 spiro atoms. The van der Waals surface area contributed by atoms with Crippen LogP contribution < -0.4 is 15.8 Å². The third kappa shape index (κ3) is 7.34. The van der Waals surface area contributed by atoms with E-state index in [1.54, 1.807) is 12.1 Å². The molecule has 120 valence electrons. The van der Waals surface area contributed by atoms with Crippen LogP contribution in [0.1, 0.15) is 50.4 Å². The molecule has 1 amide bonds. The van der Waals surface area contributed by atoms with Crippen molar-refractivity contribution >= 4 is 18.3 Å². The first-order valence-corrected chi connectivity index (χ1v) is 7.24. The number of amides is 1. The van der Waals surface area contributed by atoms with Crippen molar-refractivity contribution in [2.45, 2.75) is 45.6 Å². The minimum atomic E-state index is -0.396. The molecule has 0 heterocycles. The van der Waals surface area contributed by atoms with Gasteiger partial charge in [0.25, 0.3) is 5.91 Å². The number of halogens is 1. The third-order valence-corrected chi connectivity index (χ3v) is 3.10. The summed E-state index contributed by atoms with van der Waals surface area (Å²) < 4.78 is 5.61. The summed E-state index contributed by atoms with van der Waals surface area (Å²) in [6.45, 7) is 7.08. The first-order valence-electron chi connectivity index (χ1n) is 7.24. The summed E-state index contributed by atoms with van der Waals surface area (Å²) in [6, 6.07) is 7.21. The van der Waals surface area contributed by atoms with Crippen molar-refractivity contribution in [1.82, 2.24) is 5.32 Å². The molecule has 0 radical (unpaired) electrons. The molecule has 0 unspecified atom stereocenters. The molecule has 1 aromatic carbocycles. The van der Waals surface area contributed by atoms with Crippen LogP contribution in [0.5, 0.6) is 5.75 Å². The molecule has 0 atom stereocenters. The maximum Gasteiger partial charge on any atom is 0.251 e. The summed E-state index contributed by atoms with van der Waals surface area (Å²) in [7, 11) is 0. The number of nitrogens with two attached hydrogens (primary N) is 1. The van der Waals surface area contributed by atoms with Crippen molar-refractivity contribution in [2.24, 2.45) is 5.73 Å². The molecule has 0 fully saturated rings. The monoisotopic (exact) mass is 314 g/mol. The maximum absolute atomic E-state index is 12.0. The first-order chi connectivity index (χ1) is 9.48. The number of ether oxygens (including phenoxy) is 1. The number of benzene rings is 1. The van der Waals surface area contributed by atoms with Gasteiger partial charge in [-0.05, 0) is 44.5 Å². The summed E-state index contributed by atoms with van der Waals surface area (Å²) in [5, 5.41) is 2.90. The fourth-order valence-electron chi connectivity index (χ4n) is 1.68. The van der Waals surface area contributed by atoms with E-state index in [9.17, 15) is 4.79 Å². The first kappa shape index (κ1) is 19.7. The molecule has 3 N–H and O–H groups in total. The van der Waals surface area contributed by atoms with Gasteiger partial charge in [0.2, 0.25) is 0 Å². The van der Waals surface area contributed by atoms with Crippen LogP contribution in [0, 0.1) is 0 Å². The van der Waals surface area contributed by atoms with Gasteiger partial charge in [-0.15, -0.1) is 12.4 Å². The minimum Gasteiger partial charge on any atom is -0.494 e. The van der Waals surface area contributed by atoms with Crippen LogP contribution in [0.25, 0.3) is 0 Å². The SMILES string of the molecule is CCCCCOc1ccc(C(=O)NC(C)(C)CN)cc1.Cl. The highest BCUT2D eigenvalue weighted by Gasteiger charge is 2.19. The number of hydrogen-bond acceptors (Lipinski definition) is 3. The van der Waals surface area contributed by atoms with E-state index in [4.69, 9.17) is 10.5 Å². The lowest BCUT2D eigenvalue weighted by molar-refractivity contribution is 0.0915. The van der Waals surface area contributed by atoms with E-state index in [0.717, 1.165) is 18.8 Å². The van der Waals surface area contributed by atoms with Crippen LogP contribution in [0.15, 0.2) is 24.3 Å². The Morgan fingerprint density at radius 1 is 1.24 bits per heavy atom. The molecule has 21 heavy (non-hydrogen) atoms. The molecule has 1 rings (SSSR count). The van der Waals surface area contributed by atoms with Crippen molar-refractivity contribution in [3.63, 3.8) is 0 Å². The van der Waals surface area contributed by atoms with Gasteiger partial charge in [0.05, 0.1) is 6.61 Å². The van der Waals surface area contributed by atoms with Crippen LogP contribution >= 0.6 is 12.4 Å². The van der Waals surface area contributed by atoms with E-state index in [1.165, 1.54) is 12.8 Å². The molecule has 5 heteroatoms. The third-order valence-electron chi connectivity index (χ3n) is 3.10. The van der Waals surface area contributed by atoms with Gasteiger partial charge in [0.1, 0.15) is 5.75 Å². The average Bonchev–Trinajstić information content (AvgIpc) is 2.44. The summed E-state index contributed by atoms with van der Waals surface area (Å²) in [5.41, 5.74) is 5.82. The van der Waals surface area contributed by atoms with Gasteiger partial charge < -0.3 is 15.8 Å². The fourth-order valence-corrected chi connectivity index (χ4v) is 1.68. The van der Waals surface area contributed by atoms with E-state index in [2.05, 4.69) is 12.2 Å². The number of unbranched alkanes of at least 4 members (excludes halogenated alkanes) is 2. The highest BCUT2D eigenvalue weighted by Crippen LogP contribution is 2.13. The maximum atomic E-state index is 12.0. The second-order valence-corrected chi connectivity index (χ2v) is 5.62. The van der Waals surface area contributed by atoms with Gasteiger partial charge in [0.15, 0.2) is 0 Å². The highest BCUT2D eigenvalue weighted by atomic mass is 35.5. The predicted octanol–water partition coefficient (Wildman–Crippen LogP) is 3.14. The van der Waals surface area contributed by atoms with Crippen molar-refractivity contribution in [2.75, 3.05) is 13.2 Å². The van der Waals surface area contributed by atoms with Crippen molar-refractivity contribution in [1.29, 1.82) is 0 Å². The molecule has 0 aromatic heterocycles. The normalized spacial score (nSPS) is 10.7. The van der Waals surface area contributed by atoms with Crippen LogP contribution in [0.3, 0.4) is 0 Å². The van der Waals surface area contributed by atoms with Crippen LogP contribution in [-0.4, -0.2) is 24.6 Å². The molecule has 0 saturated carbocycles. The van der Waals surface area contributed by atoms with Crippen molar-refractivity contribution in [3.8, 4) is 5.75 Å². The smallest absolute Gasteiger partial charge is 0.251 e. The number of hydrogen-bond donors (Lipinski definition) is 2. The summed E-state index contributed by atoms with van der Waals surface area (Å²) in [4.78, 5) is 12.0. The summed E-state index contributed by atoms with van der Waals surface area (Å²) in [6.07, 6.45) is 3.41. The molecule has 4 nitrogen and oxygen atoms in total. The van der Waals surface area contributed by atoms with Crippen LogP contribution in [0.2, 0.25) is 0 Å². The second-order valence-electron chi connectivity index (χ2n) is 5.62. The lowest BCUT2D eigenvalue weighted by Gasteiger charge is -2.24. The number of carbonyl (C=O) groups is 1. The van der Waals surface area contributed by atoms with Gasteiger partial charge in [-0.2, -0.15) is 0 Å². The van der Waals surface area contributed by atoms with Gasteiger partial charge >= 0.3 is 0 Å². The Bertz CT molecular complexity index is 419.